The number of rotatable bonds is 7. The van der Waals surface area contributed by atoms with Crippen LogP contribution in [-0.2, 0) is 0 Å². The lowest BCUT2D eigenvalue weighted by Crippen LogP contribution is -2.31. The van der Waals surface area contributed by atoms with Gasteiger partial charge < -0.3 is 0 Å². The van der Waals surface area contributed by atoms with Crippen molar-refractivity contribution in [2.45, 2.75) is 78.6 Å². The van der Waals surface area contributed by atoms with Crippen LogP contribution in [0.3, 0.4) is 0 Å². The van der Waals surface area contributed by atoms with Gasteiger partial charge in [0.25, 0.3) is 0 Å². The Morgan fingerprint density at radius 1 is 1.24 bits per heavy atom. The molecule has 1 aliphatic rings. The highest BCUT2D eigenvalue weighted by molar-refractivity contribution is 6.18. The van der Waals surface area contributed by atoms with Gasteiger partial charge in [0.1, 0.15) is 0 Å². The molecule has 1 fully saturated rings. The predicted molar refractivity (Wildman–Crippen MR) is 78.7 cm³/mol. The van der Waals surface area contributed by atoms with E-state index in [0.29, 0.717) is 5.41 Å². The third-order valence-corrected chi connectivity index (χ3v) is 5.46. The zero-order valence-electron chi connectivity index (χ0n) is 12.1. The molecule has 0 N–H and O–H groups in total. The maximum absolute atomic E-state index is 6.29. The molecule has 0 spiro atoms. The Morgan fingerprint density at radius 3 is 2.35 bits per heavy atom. The van der Waals surface area contributed by atoms with Gasteiger partial charge in [-0.2, -0.15) is 0 Å². The third kappa shape index (κ3) is 4.81. The first-order valence-electron chi connectivity index (χ1n) is 7.71. The summed E-state index contributed by atoms with van der Waals surface area (Å²) < 4.78 is 0. The fourth-order valence-corrected chi connectivity index (χ4v) is 3.72. The van der Waals surface area contributed by atoms with E-state index >= 15 is 0 Å². The van der Waals surface area contributed by atoms with E-state index in [1.807, 2.05) is 0 Å². The molecule has 0 nitrogen and oxygen atoms in total. The summed E-state index contributed by atoms with van der Waals surface area (Å²) in [6, 6.07) is 0. The summed E-state index contributed by atoms with van der Waals surface area (Å²) in [4.78, 5) is 0. The minimum atomic E-state index is 0.486. The van der Waals surface area contributed by atoms with E-state index < -0.39 is 0 Å². The average Bonchev–Trinajstić information content (AvgIpc) is 2.38. The second-order valence-electron chi connectivity index (χ2n) is 6.44. The van der Waals surface area contributed by atoms with E-state index in [0.717, 1.165) is 17.7 Å². The number of hydrogen-bond acceptors (Lipinski definition) is 0. The summed E-state index contributed by atoms with van der Waals surface area (Å²) in [5.74, 6) is 2.74. The van der Waals surface area contributed by atoms with Crippen LogP contribution in [0.25, 0.3) is 0 Å². The van der Waals surface area contributed by atoms with Gasteiger partial charge in [-0.05, 0) is 49.4 Å². The van der Waals surface area contributed by atoms with Crippen molar-refractivity contribution < 1.29 is 0 Å². The highest BCUT2D eigenvalue weighted by Gasteiger charge is 2.35. The fraction of sp³-hybridized carbons (Fsp3) is 1.00. The number of hydrogen-bond donors (Lipinski definition) is 0. The van der Waals surface area contributed by atoms with Crippen molar-refractivity contribution in [1.82, 2.24) is 0 Å². The largest absolute Gasteiger partial charge is 0.126 e. The van der Waals surface area contributed by atoms with E-state index in [2.05, 4.69) is 20.8 Å². The summed E-state index contributed by atoms with van der Waals surface area (Å²) in [6.07, 6.45) is 12.5. The fourth-order valence-electron chi connectivity index (χ4n) is 3.35. The molecule has 0 bridgehead atoms. The summed E-state index contributed by atoms with van der Waals surface area (Å²) in [7, 11) is 0. The molecule has 1 rings (SSSR count). The zero-order chi connectivity index (χ0) is 12.7. The highest BCUT2D eigenvalue weighted by Crippen LogP contribution is 2.45. The normalized spacial score (nSPS) is 31.4. The first-order valence-corrected chi connectivity index (χ1v) is 8.25. The lowest BCUT2D eigenvalue weighted by molar-refractivity contribution is 0.133. The first kappa shape index (κ1) is 15.3. The summed E-state index contributed by atoms with van der Waals surface area (Å²) in [5, 5.41) is 0. The zero-order valence-corrected chi connectivity index (χ0v) is 12.9. The molecule has 1 aliphatic carbocycles. The van der Waals surface area contributed by atoms with Crippen LogP contribution >= 0.6 is 11.6 Å². The molecule has 0 aromatic carbocycles. The van der Waals surface area contributed by atoms with Gasteiger partial charge in [0.2, 0.25) is 0 Å². The summed E-state index contributed by atoms with van der Waals surface area (Å²) in [6.45, 7) is 6.99. The number of unbranched alkanes of at least 4 members (excludes halogenated alkanes) is 1. The van der Waals surface area contributed by atoms with Crippen LogP contribution in [0.15, 0.2) is 0 Å². The van der Waals surface area contributed by atoms with Gasteiger partial charge in [0.15, 0.2) is 0 Å². The molecule has 0 aromatic heterocycles. The molecule has 1 atom stereocenters. The molecule has 17 heavy (non-hydrogen) atoms. The minimum Gasteiger partial charge on any atom is -0.126 e. The molecule has 0 amide bonds. The molecule has 0 heterocycles. The maximum Gasteiger partial charge on any atom is 0.0280 e. The van der Waals surface area contributed by atoms with Crippen molar-refractivity contribution in [1.29, 1.82) is 0 Å². The van der Waals surface area contributed by atoms with Crippen LogP contribution < -0.4 is 0 Å². The van der Waals surface area contributed by atoms with Gasteiger partial charge in [-0.1, -0.05) is 46.5 Å². The number of halogens is 1. The van der Waals surface area contributed by atoms with Crippen molar-refractivity contribution in [2.75, 3.05) is 5.88 Å². The Bertz CT molecular complexity index is 192. The molecular weight excluding hydrogens is 228 g/mol. The first-order chi connectivity index (χ1) is 8.15. The molecule has 102 valence electrons. The van der Waals surface area contributed by atoms with Crippen molar-refractivity contribution in [3.63, 3.8) is 0 Å². The van der Waals surface area contributed by atoms with Gasteiger partial charge in [-0.3, -0.25) is 0 Å². The summed E-state index contributed by atoms with van der Waals surface area (Å²) >= 11 is 6.29. The van der Waals surface area contributed by atoms with E-state index in [4.69, 9.17) is 11.6 Å². The Kier molecular flexibility index (Phi) is 6.92. The molecule has 0 aromatic rings. The van der Waals surface area contributed by atoms with E-state index in [1.165, 1.54) is 57.8 Å². The van der Waals surface area contributed by atoms with Crippen molar-refractivity contribution >= 4 is 11.6 Å². The number of alkyl halides is 1. The molecule has 0 radical (unpaired) electrons. The van der Waals surface area contributed by atoms with Crippen molar-refractivity contribution in [3.05, 3.63) is 0 Å². The maximum atomic E-state index is 6.29. The third-order valence-electron chi connectivity index (χ3n) is 4.89. The Hall–Kier alpha value is 0.290. The SMILES string of the molecule is CCCCC1CCC(CCl)(CC(C)CC)CC1. The van der Waals surface area contributed by atoms with Gasteiger partial charge in [0, 0.05) is 5.88 Å². The Labute approximate surface area is 114 Å². The van der Waals surface area contributed by atoms with E-state index in [1.54, 1.807) is 0 Å². The smallest absolute Gasteiger partial charge is 0.0280 e. The topological polar surface area (TPSA) is 0 Å². The Balaban J connectivity index is 2.39. The quantitative estimate of drug-likeness (QED) is 0.489. The van der Waals surface area contributed by atoms with Crippen LogP contribution in [0.2, 0.25) is 0 Å². The van der Waals surface area contributed by atoms with Crippen molar-refractivity contribution in [3.8, 4) is 0 Å². The highest BCUT2D eigenvalue weighted by atomic mass is 35.5. The predicted octanol–water partition coefficient (Wildman–Crippen LogP) is 6.03. The second kappa shape index (κ2) is 7.67. The van der Waals surface area contributed by atoms with Gasteiger partial charge >= 0.3 is 0 Å². The van der Waals surface area contributed by atoms with Gasteiger partial charge in [0.05, 0.1) is 0 Å². The molecule has 1 saturated carbocycles. The monoisotopic (exact) mass is 258 g/mol. The lowest BCUT2D eigenvalue weighted by atomic mass is 9.66. The molecule has 1 unspecified atom stereocenters. The lowest BCUT2D eigenvalue weighted by Gasteiger charge is -2.40. The van der Waals surface area contributed by atoms with E-state index in [-0.39, 0.29) is 0 Å². The standard InChI is InChI=1S/C16H31Cl/c1-4-6-7-15-8-10-16(13-17,11-9-15)12-14(3)5-2/h14-15H,4-13H2,1-3H3. The molecule has 0 aliphatic heterocycles. The van der Waals surface area contributed by atoms with Crippen LogP contribution in [0.1, 0.15) is 78.6 Å². The van der Waals surface area contributed by atoms with Crippen LogP contribution in [0, 0.1) is 17.3 Å². The molecule has 0 saturated heterocycles. The second-order valence-corrected chi connectivity index (χ2v) is 6.70. The van der Waals surface area contributed by atoms with Gasteiger partial charge in [-0.15, -0.1) is 11.6 Å². The average molecular weight is 259 g/mol. The Morgan fingerprint density at radius 2 is 1.88 bits per heavy atom. The summed E-state index contributed by atoms with van der Waals surface area (Å²) in [5.41, 5.74) is 0.486. The van der Waals surface area contributed by atoms with Crippen LogP contribution in [0.5, 0.6) is 0 Å². The van der Waals surface area contributed by atoms with Gasteiger partial charge in [-0.25, -0.2) is 0 Å². The van der Waals surface area contributed by atoms with Crippen molar-refractivity contribution in [2.24, 2.45) is 17.3 Å². The molecular formula is C16H31Cl. The molecule has 1 heteroatoms. The van der Waals surface area contributed by atoms with E-state index in [9.17, 15) is 0 Å². The van der Waals surface area contributed by atoms with Crippen LogP contribution in [0.4, 0.5) is 0 Å². The minimum absolute atomic E-state index is 0.486. The van der Waals surface area contributed by atoms with Crippen LogP contribution in [-0.4, -0.2) is 5.88 Å².